The molecule has 1 fully saturated rings. The lowest BCUT2D eigenvalue weighted by Crippen LogP contribution is -2.31. The van der Waals surface area contributed by atoms with Gasteiger partial charge in [-0.05, 0) is 36.5 Å². The second-order valence-corrected chi connectivity index (χ2v) is 5.74. The molecule has 2 amide bonds. The third kappa shape index (κ3) is 4.48. The minimum atomic E-state index is -0.213. The molecule has 0 saturated heterocycles. The Kier molecular flexibility index (Phi) is 4.83. The van der Waals surface area contributed by atoms with Crippen LogP contribution in [0.25, 0.3) is 0 Å². The van der Waals surface area contributed by atoms with E-state index in [-0.39, 0.29) is 17.9 Å². The number of esters is 1. The molecule has 2 N–H and O–H groups in total. The van der Waals surface area contributed by atoms with Gasteiger partial charge in [0.1, 0.15) is 0 Å². The Morgan fingerprint density at radius 1 is 1.33 bits per heavy atom. The van der Waals surface area contributed by atoms with E-state index in [1.54, 1.807) is 0 Å². The first-order valence-electron chi connectivity index (χ1n) is 7.24. The second kappa shape index (κ2) is 6.61. The average molecular weight is 290 g/mol. The van der Waals surface area contributed by atoms with Gasteiger partial charge in [-0.2, -0.15) is 0 Å². The van der Waals surface area contributed by atoms with E-state index >= 15 is 0 Å². The Bertz CT molecular complexity index is 513. The van der Waals surface area contributed by atoms with Crippen LogP contribution in [0.2, 0.25) is 0 Å². The Balaban J connectivity index is 1.83. The molecule has 114 valence electrons. The van der Waals surface area contributed by atoms with Gasteiger partial charge in [0.2, 0.25) is 0 Å². The van der Waals surface area contributed by atoms with Crippen LogP contribution >= 0.6 is 0 Å². The van der Waals surface area contributed by atoms with Crippen molar-refractivity contribution in [2.45, 2.75) is 32.7 Å². The van der Waals surface area contributed by atoms with Crippen LogP contribution in [0.15, 0.2) is 24.3 Å². The minimum absolute atomic E-state index is 0.167. The number of benzene rings is 1. The van der Waals surface area contributed by atoms with Crippen LogP contribution in [-0.2, 0) is 16.0 Å². The summed E-state index contributed by atoms with van der Waals surface area (Å²) in [5.41, 5.74) is 1.78. The second-order valence-electron chi connectivity index (χ2n) is 5.74. The van der Waals surface area contributed by atoms with Crippen LogP contribution in [0.1, 0.15) is 25.8 Å². The third-order valence-corrected chi connectivity index (χ3v) is 3.78. The Morgan fingerprint density at radius 2 is 1.95 bits per heavy atom. The average Bonchev–Trinajstić information content (AvgIpc) is 3.15. The molecule has 5 heteroatoms. The van der Waals surface area contributed by atoms with Crippen molar-refractivity contribution in [3.05, 3.63) is 29.8 Å². The number of urea groups is 1. The van der Waals surface area contributed by atoms with Gasteiger partial charge >= 0.3 is 12.0 Å². The molecule has 0 spiro atoms. The number of rotatable bonds is 5. The summed E-state index contributed by atoms with van der Waals surface area (Å²) in [4.78, 5) is 23.1. The van der Waals surface area contributed by atoms with Crippen molar-refractivity contribution in [3.8, 4) is 0 Å². The van der Waals surface area contributed by atoms with Crippen molar-refractivity contribution < 1.29 is 14.3 Å². The number of amides is 2. The maximum Gasteiger partial charge on any atom is 0.319 e. The zero-order chi connectivity index (χ0) is 15.4. The van der Waals surface area contributed by atoms with E-state index in [9.17, 15) is 9.59 Å². The van der Waals surface area contributed by atoms with Crippen molar-refractivity contribution in [1.29, 1.82) is 0 Å². The lowest BCUT2D eigenvalue weighted by Gasteiger charge is -2.10. The number of anilines is 1. The van der Waals surface area contributed by atoms with Crippen LogP contribution in [0.3, 0.4) is 0 Å². The molecule has 0 radical (unpaired) electrons. The van der Waals surface area contributed by atoms with E-state index in [0.29, 0.717) is 18.4 Å². The van der Waals surface area contributed by atoms with E-state index in [2.05, 4.69) is 17.6 Å². The minimum Gasteiger partial charge on any atom is -0.469 e. The molecular formula is C16H22N2O3. The molecule has 1 aromatic rings. The zero-order valence-corrected chi connectivity index (χ0v) is 12.7. The maximum atomic E-state index is 11.7. The van der Waals surface area contributed by atoms with Crippen LogP contribution in [0.4, 0.5) is 10.5 Å². The first kappa shape index (κ1) is 15.4. The van der Waals surface area contributed by atoms with Crippen LogP contribution in [0.5, 0.6) is 0 Å². The number of hydrogen-bond donors (Lipinski definition) is 2. The van der Waals surface area contributed by atoms with Gasteiger partial charge in [-0.1, -0.05) is 26.0 Å². The highest BCUT2D eigenvalue weighted by Crippen LogP contribution is 2.28. The largest absolute Gasteiger partial charge is 0.469 e. The molecule has 1 aliphatic rings. The number of methoxy groups -OCH3 is 1. The molecule has 0 aliphatic heterocycles. The normalized spacial score (nSPS) is 21.3. The van der Waals surface area contributed by atoms with Gasteiger partial charge in [0.05, 0.1) is 13.0 Å². The van der Waals surface area contributed by atoms with Gasteiger partial charge in [-0.3, -0.25) is 4.79 Å². The monoisotopic (exact) mass is 290 g/mol. The predicted octanol–water partition coefficient (Wildman–Crippen LogP) is 2.57. The topological polar surface area (TPSA) is 67.4 Å². The Hall–Kier alpha value is -2.04. The van der Waals surface area contributed by atoms with Gasteiger partial charge < -0.3 is 15.4 Å². The quantitative estimate of drug-likeness (QED) is 0.819. The van der Waals surface area contributed by atoms with Crippen molar-refractivity contribution in [2.75, 3.05) is 12.4 Å². The fourth-order valence-electron chi connectivity index (χ4n) is 2.22. The zero-order valence-electron chi connectivity index (χ0n) is 12.7. The molecule has 0 bridgehead atoms. The van der Waals surface area contributed by atoms with Crippen molar-refractivity contribution in [3.63, 3.8) is 0 Å². The highest BCUT2D eigenvalue weighted by Gasteiger charge is 2.33. The lowest BCUT2D eigenvalue weighted by atomic mass is 10.0. The summed E-state index contributed by atoms with van der Waals surface area (Å²) in [7, 11) is 1.39. The van der Waals surface area contributed by atoms with E-state index in [0.717, 1.165) is 17.7 Å². The summed E-state index contributed by atoms with van der Waals surface area (Å²) in [6, 6.07) is 7.65. The smallest absolute Gasteiger partial charge is 0.319 e. The van der Waals surface area contributed by atoms with Crippen LogP contribution in [-0.4, -0.2) is 25.2 Å². The SMILES string of the molecule is COC(=O)[C@H](C)Cc1ccc(NC(=O)N[C@H]2C[C@@H]2C)cc1. The Labute approximate surface area is 125 Å². The summed E-state index contributed by atoms with van der Waals surface area (Å²) in [6.07, 6.45) is 1.68. The fraction of sp³-hybridized carbons (Fsp3) is 0.500. The predicted molar refractivity (Wildman–Crippen MR) is 81.0 cm³/mol. The van der Waals surface area contributed by atoms with Gasteiger partial charge in [0, 0.05) is 11.7 Å². The number of nitrogens with one attached hydrogen (secondary N) is 2. The molecule has 3 atom stereocenters. The summed E-state index contributed by atoms with van der Waals surface area (Å²) in [5.74, 6) is 0.196. The van der Waals surface area contributed by atoms with E-state index < -0.39 is 0 Å². The highest BCUT2D eigenvalue weighted by molar-refractivity contribution is 5.89. The lowest BCUT2D eigenvalue weighted by molar-refractivity contribution is -0.144. The highest BCUT2D eigenvalue weighted by atomic mass is 16.5. The van der Waals surface area contributed by atoms with Gasteiger partial charge in [-0.25, -0.2) is 4.79 Å². The summed E-state index contributed by atoms with van der Waals surface area (Å²) >= 11 is 0. The summed E-state index contributed by atoms with van der Waals surface area (Å²) in [6.45, 7) is 3.95. The standard InChI is InChI=1S/C16H22N2O3/c1-10-9-14(10)18-16(20)17-13-6-4-12(5-7-13)8-11(2)15(19)21-3/h4-7,10-11,14H,8-9H2,1-3H3,(H2,17,18,20)/t10-,11+,14-/m0/s1. The van der Waals surface area contributed by atoms with Crippen molar-refractivity contribution in [1.82, 2.24) is 5.32 Å². The van der Waals surface area contributed by atoms with Gasteiger partial charge in [-0.15, -0.1) is 0 Å². The number of hydrogen-bond acceptors (Lipinski definition) is 3. The molecule has 1 saturated carbocycles. The first-order valence-corrected chi connectivity index (χ1v) is 7.24. The number of carbonyl (C=O) groups is 2. The van der Waals surface area contributed by atoms with Crippen LogP contribution < -0.4 is 10.6 Å². The fourth-order valence-corrected chi connectivity index (χ4v) is 2.22. The third-order valence-electron chi connectivity index (χ3n) is 3.78. The summed E-state index contributed by atoms with van der Waals surface area (Å²) < 4.78 is 4.71. The molecule has 5 nitrogen and oxygen atoms in total. The molecule has 21 heavy (non-hydrogen) atoms. The molecular weight excluding hydrogens is 268 g/mol. The van der Waals surface area contributed by atoms with Gasteiger partial charge in [0.15, 0.2) is 0 Å². The molecule has 0 heterocycles. The van der Waals surface area contributed by atoms with Crippen molar-refractivity contribution >= 4 is 17.7 Å². The molecule has 0 aromatic heterocycles. The number of ether oxygens (including phenoxy) is 1. The molecule has 1 aromatic carbocycles. The van der Waals surface area contributed by atoms with E-state index in [4.69, 9.17) is 4.74 Å². The maximum absolute atomic E-state index is 11.7. The van der Waals surface area contributed by atoms with Crippen molar-refractivity contribution in [2.24, 2.45) is 11.8 Å². The van der Waals surface area contributed by atoms with E-state index in [1.165, 1.54) is 7.11 Å². The Morgan fingerprint density at radius 3 is 2.48 bits per heavy atom. The summed E-state index contributed by atoms with van der Waals surface area (Å²) in [5, 5.41) is 5.72. The number of carbonyl (C=O) groups excluding carboxylic acids is 2. The molecule has 2 rings (SSSR count). The molecule has 0 unspecified atom stereocenters. The van der Waals surface area contributed by atoms with Crippen LogP contribution in [0, 0.1) is 11.8 Å². The van der Waals surface area contributed by atoms with E-state index in [1.807, 2.05) is 31.2 Å². The van der Waals surface area contributed by atoms with Gasteiger partial charge in [0.25, 0.3) is 0 Å². The first-order chi connectivity index (χ1) is 9.99. The molecule has 1 aliphatic carbocycles.